The maximum Gasteiger partial charge on any atom is 0.315 e. The summed E-state index contributed by atoms with van der Waals surface area (Å²) in [5, 5.41) is 22.2. The largest absolute Gasteiger partial charge is 0.481 e. The predicted octanol–water partition coefficient (Wildman–Crippen LogP) is 0.430. The van der Waals surface area contributed by atoms with Gasteiger partial charge in [-0.25, -0.2) is 4.79 Å². The highest BCUT2D eigenvalue weighted by Crippen LogP contribution is 2.40. The monoisotopic (exact) mass is 281 g/mol. The van der Waals surface area contributed by atoms with Gasteiger partial charge in [0.25, 0.3) is 0 Å². The Labute approximate surface area is 116 Å². The second kappa shape index (κ2) is 5.48. The summed E-state index contributed by atoms with van der Waals surface area (Å²) in [6, 6.07) is -0.697. The predicted molar refractivity (Wildman–Crippen MR) is 69.9 cm³/mol. The molecule has 0 radical (unpaired) electrons. The molecule has 8 heteroatoms. The Morgan fingerprint density at radius 3 is 2.70 bits per heavy atom. The topological polar surface area (TPSA) is 109 Å². The van der Waals surface area contributed by atoms with Crippen molar-refractivity contribution in [1.29, 1.82) is 0 Å². The Kier molecular flexibility index (Phi) is 3.91. The molecule has 0 saturated heterocycles. The second-order valence-electron chi connectivity index (χ2n) is 5.29. The van der Waals surface area contributed by atoms with E-state index in [1.54, 1.807) is 24.9 Å². The lowest BCUT2D eigenvalue weighted by Gasteiger charge is -2.37. The van der Waals surface area contributed by atoms with Gasteiger partial charge in [0, 0.05) is 13.6 Å². The van der Waals surface area contributed by atoms with Crippen LogP contribution in [-0.2, 0) is 11.8 Å². The fourth-order valence-electron chi connectivity index (χ4n) is 2.32. The van der Waals surface area contributed by atoms with E-state index in [4.69, 9.17) is 0 Å². The van der Waals surface area contributed by atoms with Crippen molar-refractivity contribution in [3.05, 3.63) is 12.2 Å². The first-order valence-electron chi connectivity index (χ1n) is 6.56. The number of aliphatic carboxylic acids is 1. The normalized spacial score (nSPS) is 17.9. The molecule has 110 valence electrons. The van der Waals surface area contributed by atoms with Crippen molar-refractivity contribution in [3.8, 4) is 0 Å². The fraction of sp³-hybridized carbons (Fsp3) is 0.667. The molecule has 0 spiro atoms. The molecule has 1 aromatic rings. The lowest BCUT2D eigenvalue weighted by Crippen LogP contribution is -2.50. The first-order chi connectivity index (χ1) is 9.44. The summed E-state index contributed by atoms with van der Waals surface area (Å²) in [4.78, 5) is 23.0. The molecule has 0 aromatic carbocycles. The summed E-state index contributed by atoms with van der Waals surface area (Å²) in [7, 11) is 1.79. The highest BCUT2D eigenvalue weighted by Gasteiger charge is 2.44. The number of carbonyl (C=O) groups is 2. The number of carbonyl (C=O) groups excluding carboxylic acids is 1. The van der Waals surface area contributed by atoms with Gasteiger partial charge in [0.2, 0.25) is 0 Å². The summed E-state index contributed by atoms with van der Waals surface area (Å²) in [5.41, 5.74) is -0.786. The molecule has 8 nitrogen and oxygen atoms in total. The quantitative estimate of drug-likeness (QED) is 0.725. The molecular formula is C12H19N5O3. The Morgan fingerprint density at radius 1 is 1.55 bits per heavy atom. The molecule has 1 fully saturated rings. The maximum atomic E-state index is 11.8. The standard InChI is InChI=1S/C12H19N5O3/c1-8(9-16-14-7-17(9)2)15-11(20)13-6-12(10(18)19)4-3-5-12/h7-8H,3-6H2,1-2H3,(H,18,19)(H2,13,15,20). The van der Waals surface area contributed by atoms with Crippen LogP contribution in [0.2, 0.25) is 0 Å². The fourth-order valence-corrected chi connectivity index (χ4v) is 2.32. The number of nitrogens with one attached hydrogen (secondary N) is 2. The van der Waals surface area contributed by atoms with Crippen molar-refractivity contribution in [2.24, 2.45) is 12.5 Å². The zero-order chi connectivity index (χ0) is 14.8. The van der Waals surface area contributed by atoms with E-state index in [0.717, 1.165) is 6.42 Å². The third kappa shape index (κ3) is 2.73. The third-order valence-electron chi connectivity index (χ3n) is 3.83. The Morgan fingerprint density at radius 2 is 2.25 bits per heavy atom. The van der Waals surface area contributed by atoms with Gasteiger partial charge < -0.3 is 20.3 Å². The molecule has 2 rings (SSSR count). The van der Waals surface area contributed by atoms with E-state index in [1.165, 1.54) is 0 Å². The average molecular weight is 281 g/mol. The minimum Gasteiger partial charge on any atom is -0.481 e. The van der Waals surface area contributed by atoms with Gasteiger partial charge in [0.05, 0.1) is 11.5 Å². The lowest BCUT2D eigenvalue weighted by molar-refractivity contribution is -0.153. The zero-order valence-electron chi connectivity index (χ0n) is 11.6. The number of urea groups is 1. The molecule has 1 aliphatic rings. The van der Waals surface area contributed by atoms with Gasteiger partial charge >= 0.3 is 12.0 Å². The van der Waals surface area contributed by atoms with Gasteiger partial charge in [-0.3, -0.25) is 4.79 Å². The van der Waals surface area contributed by atoms with Gasteiger partial charge in [-0.1, -0.05) is 6.42 Å². The smallest absolute Gasteiger partial charge is 0.315 e. The summed E-state index contributed by atoms with van der Waals surface area (Å²) in [6.45, 7) is 1.94. The number of carboxylic acid groups (broad SMARTS) is 1. The van der Waals surface area contributed by atoms with E-state index < -0.39 is 17.4 Å². The molecular weight excluding hydrogens is 262 g/mol. The van der Waals surface area contributed by atoms with Crippen molar-refractivity contribution in [3.63, 3.8) is 0 Å². The summed E-state index contributed by atoms with van der Waals surface area (Å²) >= 11 is 0. The van der Waals surface area contributed by atoms with Gasteiger partial charge in [0.1, 0.15) is 6.33 Å². The van der Waals surface area contributed by atoms with E-state index in [0.29, 0.717) is 18.7 Å². The molecule has 1 aromatic heterocycles. The van der Waals surface area contributed by atoms with Crippen molar-refractivity contribution in [2.75, 3.05) is 6.54 Å². The number of rotatable bonds is 5. The lowest BCUT2D eigenvalue weighted by atomic mass is 9.69. The highest BCUT2D eigenvalue weighted by molar-refractivity contribution is 5.79. The van der Waals surface area contributed by atoms with Crippen molar-refractivity contribution < 1.29 is 14.7 Å². The number of aromatic nitrogens is 3. The van der Waals surface area contributed by atoms with Gasteiger partial charge in [-0.15, -0.1) is 10.2 Å². The Hall–Kier alpha value is -2.12. The minimum atomic E-state index is -0.842. The third-order valence-corrected chi connectivity index (χ3v) is 3.83. The number of aryl methyl sites for hydroxylation is 1. The van der Waals surface area contributed by atoms with Crippen molar-refractivity contribution >= 4 is 12.0 Å². The van der Waals surface area contributed by atoms with Crippen LogP contribution in [0.15, 0.2) is 6.33 Å². The molecule has 2 amide bonds. The number of amides is 2. The van der Waals surface area contributed by atoms with Crippen LogP contribution in [0, 0.1) is 5.41 Å². The first kappa shape index (κ1) is 14.3. The van der Waals surface area contributed by atoms with Crippen LogP contribution in [0.4, 0.5) is 4.79 Å². The SMILES string of the molecule is CC(NC(=O)NCC1(C(=O)O)CCC1)c1nncn1C. The summed E-state index contributed by atoms with van der Waals surface area (Å²) < 4.78 is 1.72. The van der Waals surface area contributed by atoms with Crippen LogP contribution in [0.5, 0.6) is 0 Å². The number of nitrogens with zero attached hydrogens (tertiary/aromatic N) is 3. The Balaban J connectivity index is 1.84. The molecule has 0 aliphatic heterocycles. The van der Waals surface area contributed by atoms with Crippen LogP contribution in [-0.4, -0.2) is 38.4 Å². The Bertz CT molecular complexity index is 509. The molecule has 1 heterocycles. The van der Waals surface area contributed by atoms with Crippen molar-refractivity contribution in [2.45, 2.75) is 32.2 Å². The van der Waals surface area contributed by atoms with E-state index in [9.17, 15) is 14.7 Å². The van der Waals surface area contributed by atoms with E-state index in [2.05, 4.69) is 20.8 Å². The summed E-state index contributed by atoms with van der Waals surface area (Å²) in [6.07, 6.45) is 3.67. The van der Waals surface area contributed by atoms with Crippen molar-refractivity contribution in [1.82, 2.24) is 25.4 Å². The van der Waals surface area contributed by atoms with Crippen LogP contribution < -0.4 is 10.6 Å². The van der Waals surface area contributed by atoms with Gasteiger partial charge in [-0.2, -0.15) is 0 Å². The van der Waals surface area contributed by atoms with Gasteiger partial charge in [-0.05, 0) is 19.8 Å². The van der Waals surface area contributed by atoms with E-state index >= 15 is 0 Å². The van der Waals surface area contributed by atoms with Crippen LogP contribution in [0.25, 0.3) is 0 Å². The molecule has 3 N–H and O–H groups in total. The number of carboxylic acids is 1. The average Bonchev–Trinajstić information content (AvgIpc) is 2.73. The molecule has 1 saturated carbocycles. The van der Waals surface area contributed by atoms with Crippen LogP contribution in [0.1, 0.15) is 38.1 Å². The van der Waals surface area contributed by atoms with Crippen LogP contribution in [0.3, 0.4) is 0 Å². The minimum absolute atomic E-state index is 0.152. The first-order valence-corrected chi connectivity index (χ1v) is 6.56. The summed E-state index contributed by atoms with van der Waals surface area (Å²) in [5.74, 6) is -0.206. The molecule has 20 heavy (non-hydrogen) atoms. The second-order valence-corrected chi connectivity index (χ2v) is 5.29. The van der Waals surface area contributed by atoms with E-state index in [1.807, 2.05) is 0 Å². The van der Waals surface area contributed by atoms with Gasteiger partial charge in [0.15, 0.2) is 5.82 Å². The molecule has 1 unspecified atom stereocenters. The number of hydrogen-bond acceptors (Lipinski definition) is 4. The molecule has 0 bridgehead atoms. The number of hydrogen-bond donors (Lipinski definition) is 3. The maximum absolute atomic E-state index is 11.8. The molecule has 1 aliphatic carbocycles. The molecule has 1 atom stereocenters. The zero-order valence-corrected chi connectivity index (χ0v) is 11.6. The van der Waals surface area contributed by atoms with Crippen LogP contribution >= 0.6 is 0 Å². The highest BCUT2D eigenvalue weighted by atomic mass is 16.4. The van der Waals surface area contributed by atoms with E-state index in [-0.39, 0.29) is 12.6 Å².